The number of ether oxygens (including phenoxy) is 1. The minimum absolute atomic E-state index is 0.0666. The Kier molecular flexibility index (Phi) is 6.98. The number of methoxy groups -OCH3 is 1. The molecule has 0 heterocycles. The molecule has 0 saturated heterocycles. The van der Waals surface area contributed by atoms with Gasteiger partial charge in [-0.2, -0.15) is 8.42 Å². The molecule has 5 nitrogen and oxygen atoms in total. The summed E-state index contributed by atoms with van der Waals surface area (Å²) >= 11 is 0. The Morgan fingerprint density at radius 2 is 1.76 bits per heavy atom. The van der Waals surface area contributed by atoms with E-state index in [-0.39, 0.29) is 11.0 Å². The van der Waals surface area contributed by atoms with Gasteiger partial charge in [-0.25, -0.2) is 0 Å². The molecule has 1 aromatic rings. The summed E-state index contributed by atoms with van der Waals surface area (Å²) in [5, 5.41) is 8.43. The molecule has 1 atom stereocenters. The number of rotatable bonds is 3. The number of aliphatic hydroxyl groups excluding tert-OH is 1. The van der Waals surface area contributed by atoms with Crippen molar-refractivity contribution in [1.82, 2.24) is 0 Å². The third-order valence-corrected chi connectivity index (χ3v) is 2.59. The lowest BCUT2D eigenvalue weighted by Gasteiger charge is -1.97. The molecular weight excluding hydrogens is 244 g/mol. The zero-order valence-corrected chi connectivity index (χ0v) is 10.9. The van der Waals surface area contributed by atoms with Crippen molar-refractivity contribution in [3.05, 3.63) is 29.8 Å². The van der Waals surface area contributed by atoms with Gasteiger partial charge in [0.25, 0.3) is 10.1 Å². The molecule has 0 radical (unpaired) electrons. The molecular formula is C11H18O5S. The number of aryl methyl sites for hydroxylation is 1. The van der Waals surface area contributed by atoms with E-state index in [2.05, 4.69) is 4.74 Å². The van der Waals surface area contributed by atoms with Gasteiger partial charge in [0.05, 0.1) is 17.6 Å². The maximum Gasteiger partial charge on any atom is 0.294 e. The zero-order chi connectivity index (χ0) is 13.5. The highest BCUT2D eigenvalue weighted by Crippen LogP contribution is 2.08. The summed E-state index contributed by atoms with van der Waals surface area (Å²) in [4.78, 5) is -0.0666. The van der Waals surface area contributed by atoms with E-state index in [1.807, 2.05) is 6.92 Å². The van der Waals surface area contributed by atoms with Crippen molar-refractivity contribution in [3.63, 3.8) is 0 Å². The van der Waals surface area contributed by atoms with Crippen LogP contribution < -0.4 is 0 Å². The van der Waals surface area contributed by atoms with E-state index < -0.39 is 10.1 Å². The summed E-state index contributed by atoms with van der Waals surface area (Å²) in [7, 11) is -2.46. The first-order valence-electron chi connectivity index (χ1n) is 4.98. The first-order chi connectivity index (χ1) is 7.77. The molecule has 1 unspecified atom stereocenters. The van der Waals surface area contributed by atoms with Crippen molar-refractivity contribution in [2.24, 2.45) is 0 Å². The Bertz CT molecular complexity index is 408. The van der Waals surface area contributed by atoms with Crippen LogP contribution in [0.25, 0.3) is 0 Å². The normalized spacial score (nSPS) is 12.5. The molecule has 98 valence electrons. The lowest BCUT2D eigenvalue weighted by molar-refractivity contribution is 0.0765. The lowest BCUT2D eigenvalue weighted by Crippen LogP contribution is -2.07. The molecule has 17 heavy (non-hydrogen) atoms. The number of aliphatic hydroxyl groups is 1. The smallest absolute Gasteiger partial charge is 0.294 e. The SMILES string of the molecule is COCC(C)O.Cc1ccc(S(=O)(=O)O)cc1. The maximum absolute atomic E-state index is 10.5. The Morgan fingerprint density at radius 1 is 1.29 bits per heavy atom. The molecule has 0 aromatic heterocycles. The predicted octanol–water partition coefficient (Wildman–Crippen LogP) is 1.26. The Labute approximate surface area is 102 Å². The standard InChI is InChI=1S/C7H8O3S.C4H10O2/c1-6-2-4-7(5-3-6)11(8,9)10;1-4(5)3-6-2/h2-5H,1H3,(H,8,9,10);4-5H,3H2,1-2H3. The second-order valence-corrected chi connectivity index (χ2v) is 5.01. The molecule has 1 rings (SSSR count). The number of hydrogen-bond donors (Lipinski definition) is 2. The molecule has 0 aliphatic carbocycles. The summed E-state index contributed by atoms with van der Waals surface area (Å²) < 4.78 is 34.1. The minimum atomic E-state index is -4.02. The fourth-order valence-corrected chi connectivity index (χ4v) is 1.43. The molecule has 0 amide bonds. The van der Waals surface area contributed by atoms with Crippen LogP contribution in [0.15, 0.2) is 29.2 Å². The van der Waals surface area contributed by atoms with Crippen LogP contribution in [0, 0.1) is 6.92 Å². The van der Waals surface area contributed by atoms with Gasteiger partial charge in [0.1, 0.15) is 0 Å². The fourth-order valence-electron chi connectivity index (χ4n) is 0.951. The zero-order valence-electron chi connectivity index (χ0n) is 10.1. The van der Waals surface area contributed by atoms with E-state index in [1.54, 1.807) is 26.2 Å². The van der Waals surface area contributed by atoms with Gasteiger partial charge in [-0.1, -0.05) is 17.7 Å². The van der Waals surface area contributed by atoms with Crippen LogP contribution in [0.1, 0.15) is 12.5 Å². The van der Waals surface area contributed by atoms with Gasteiger partial charge in [-0.05, 0) is 26.0 Å². The molecule has 0 saturated carbocycles. The lowest BCUT2D eigenvalue weighted by atomic mass is 10.2. The Morgan fingerprint density at radius 3 is 2.00 bits per heavy atom. The highest BCUT2D eigenvalue weighted by atomic mass is 32.2. The maximum atomic E-state index is 10.5. The van der Waals surface area contributed by atoms with Crippen molar-refractivity contribution in [3.8, 4) is 0 Å². The van der Waals surface area contributed by atoms with Crippen LogP contribution in [0.3, 0.4) is 0 Å². The Balaban J connectivity index is 0.000000366. The molecule has 6 heteroatoms. The van der Waals surface area contributed by atoms with Crippen molar-refractivity contribution in [2.45, 2.75) is 24.8 Å². The highest BCUT2D eigenvalue weighted by Gasteiger charge is 2.06. The van der Waals surface area contributed by atoms with Gasteiger partial charge in [0.2, 0.25) is 0 Å². The average molecular weight is 262 g/mol. The van der Waals surface area contributed by atoms with E-state index >= 15 is 0 Å². The quantitative estimate of drug-likeness (QED) is 0.801. The molecule has 1 aromatic carbocycles. The molecule has 2 N–H and O–H groups in total. The van der Waals surface area contributed by atoms with Crippen molar-refractivity contribution in [2.75, 3.05) is 13.7 Å². The minimum Gasteiger partial charge on any atom is -0.391 e. The van der Waals surface area contributed by atoms with E-state index in [4.69, 9.17) is 9.66 Å². The number of benzene rings is 1. The van der Waals surface area contributed by atoms with E-state index in [0.717, 1.165) is 5.56 Å². The summed E-state index contributed by atoms with van der Waals surface area (Å²) in [5.41, 5.74) is 0.956. The van der Waals surface area contributed by atoms with E-state index in [0.29, 0.717) is 6.61 Å². The Hall–Kier alpha value is -0.950. The van der Waals surface area contributed by atoms with Gasteiger partial charge in [0, 0.05) is 7.11 Å². The molecule has 0 bridgehead atoms. The van der Waals surface area contributed by atoms with Gasteiger partial charge in [0.15, 0.2) is 0 Å². The average Bonchev–Trinajstić information content (AvgIpc) is 2.17. The second kappa shape index (κ2) is 7.39. The van der Waals surface area contributed by atoms with Gasteiger partial charge < -0.3 is 9.84 Å². The van der Waals surface area contributed by atoms with Crippen LogP contribution in [0.5, 0.6) is 0 Å². The summed E-state index contributed by atoms with van der Waals surface area (Å²) in [6.07, 6.45) is -0.324. The number of hydrogen-bond acceptors (Lipinski definition) is 4. The second-order valence-electron chi connectivity index (χ2n) is 3.59. The van der Waals surface area contributed by atoms with Crippen LogP contribution in [0.2, 0.25) is 0 Å². The monoisotopic (exact) mass is 262 g/mol. The van der Waals surface area contributed by atoms with Gasteiger partial charge >= 0.3 is 0 Å². The molecule has 0 aliphatic rings. The van der Waals surface area contributed by atoms with Crippen LogP contribution in [-0.4, -0.2) is 37.9 Å². The highest BCUT2D eigenvalue weighted by molar-refractivity contribution is 7.85. The molecule has 0 aliphatic heterocycles. The van der Waals surface area contributed by atoms with Crippen molar-refractivity contribution >= 4 is 10.1 Å². The van der Waals surface area contributed by atoms with Crippen molar-refractivity contribution < 1.29 is 22.8 Å². The first-order valence-corrected chi connectivity index (χ1v) is 6.42. The van der Waals surface area contributed by atoms with Gasteiger partial charge in [-0.15, -0.1) is 0 Å². The van der Waals surface area contributed by atoms with E-state index in [9.17, 15) is 8.42 Å². The van der Waals surface area contributed by atoms with Crippen LogP contribution >= 0.6 is 0 Å². The molecule has 0 spiro atoms. The summed E-state index contributed by atoms with van der Waals surface area (Å²) in [6, 6.07) is 5.99. The predicted molar refractivity (Wildman–Crippen MR) is 64.6 cm³/mol. The third-order valence-electron chi connectivity index (χ3n) is 1.73. The largest absolute Gasteiger partial charge is 0.391 e. The first kappa shape index (κ1) is 16.1. The van der Waals surface area contributed by atoms with Crippen LogP contribution in [0.4, 0.5) is 0 Å². The third kappa shape index (κ3) is 7.87. The van der Waals surface area contributed by atoms with Crippen molar-refractivity contribution in [1.29, 1.82) is 0 Å². The fraction of sp³-hybridized carbons (Fsp3) is 0.455. The molecule has 0 fully saturated rings. The topological polar surface area (TPSA) is 83.8 Å². The van der Waals surface area contributed by atoms with Crippen LogP contribution in [-0.2, 0) is 14.9 Å². The van der Waals surface area contributed by atoms with Gasteiger partial charge in [-0.3, -0.25) is 4.55 Å². The van der Waals surface area contributed by atoms with E-state index in [1.165, 1.54) is 12.1 Å². The summed E-state index contributed by atoms with van der Waals surface area (Å²) in [5.74, 6) is 0. The summed E-state index contributed by atoms with van der Waals surface area (Å²) in [6.45, 7) is 3.96.